The molecule has 2 aromatic carbocycles. The van der Waals surface area contributed by atoms with E-state index in [0.29, 0.717) is 37.4 Å². The van der Waals surface area contributed by atoms with Crippen molar-refractivity contribution in [2.75, 3.05) is 24.6 Å². The molecular weight excluding hydrogens is 311 g/mol. The SMILES string of the molecule is O=C(NCCc1ccc(F)cc1)c1ccc(N2CCOC2=O)cc1. The number of benzene rings is 2. The van der Waals surface area contributed by atoms with Gasteiger partial charge in [-0.05, 0) is 48.4 Å². The standard InChI is InChI=1S/C18H17FN2O3/c19-15-5-1-13(2-6-15)9-10-20-17(22)14-3-7-16(8-4-14)21-11-12-24-18(21)23/h1-8H,9-12H2,(H,20,22). The molecule has 3 rings (SSSR count). The molecule has 0 spiro atoms. The van der Waals surface area contributed by atoms with Crippen LogP contribution in [0.25, 0.3) is 0 Å². The van der Waals surface area contributed by atoms with Crippen molar-refractivity contribution in [3.05, 3.63) is 65.5 Å². The highest BCUT2D eigenvalue weighted by molar-refractivity contribution is 5.95. The van der Waals surface area contributed by atoms with Gasteiger partial charge in [0, 0.05) is 17.8 Å². The van der Waals surface area contributed by atoms with Gasteiger partial charge in [0.15, 0.2) is 0 Å². The van der Waals surface area contributed by atoms with E-state index in [1.54, 1.807) is 36.4 Å². The van der Waals surface area contributed by atoms with Gasteiger partial charge in [-0.3, -0.25) is 9.69 Å². The quantitative estimate of drug-likeness (QED) is 0.918. The molecule has 1 saturated heterocycles. The van der Waals surface area contributed by atoms with Crippen molar-refractivity contribution in [3.63, 3.8) is 0 Å². The fraction of sp³-hybridized carbons (Fsp3) is 0.222. The van der Waals surface area contributed by atoms with Gasteiger partial charge in [-0.2, -0.15) is 0 Å². The number of carbonyl (C=O) groups is 2. The summed E-state index contributed by atoms with van der Waals surface area (Å²) in [5.74, 6) is -0.461. The summed E-state index contributed by atoms with van der Waals surface area (Å²) in [6.45, 7) is 1.36. The Morgan fingerprint density at radius 2 is 1.83 bits per heavy atom. The van der Waals surface area contributed by atoms with Crippen LogP contribution in [0.4, 0.5) is 14.9 Å². The lowest BCUT2D eigenvalue weighted by atomic mass is 10.1. The molecule has 0 atom stereocenters. The van der Waals surface area contributed by atoms with Crippen molar-refractivity contribution in [3.8, 4) is 0 Å². The summed E-state index contributed by atoms with van der Waals surface area (Å²) in [6.07, 6.45) is 0.260. The summed E-state index contributed by atoms with van der Waals surface area (Å²) in [6, 6.07) is 13.0. The second kappa shape index (κ2) is 7.12. The summed E-state index contributed by atoms with van der Waals surface area (Å²) in [5.41, 5.74) is 2.19. The maximum atomic E-state index is 12.8. The fourth-order valence-electron chi connectivity index (χ4n) is 2.49. The normalized spacial score (nSPS) is 13.7. The number of rotatable bonds is 5. The predicted octanol–water partition coefficient (Wildman–Crippen LogP) is 2.75. The first-order valence-corrected chi connectivity index (χ1v) is 7.70. The van der Waals surface area contributed by atoms with Crippen LogP contribution in [0.3, 0.4) is 0 Å². The van der Waals surface area contributed by atoms with Crippen LogP contribution < -0.4 is 10.2 Å². The van der Waals surface area contributed by atoms with Crippen LogP contribution in [0.15, 0.2) is 48.5 Å². The van der Waals surface area contributed by atoms with E-state index < -0.39 is 0 Å². The zero-order valence-electron chi connectivity index (χ0n) is 13.0. The summed E-state index contributed by atoms with van der Waals surface area (Å²) in [7, 11) is 0. The third-order valence-corrected chi connectivity index (χ3v) is 3.81. The smallest absolute Gasteiger partial charge is 0.414 e. The summed E-state index contributed by atoms with van der Waals surface area (Å²) >= 11 is 0. The summed E-state index contributed by atoms with van der Waals surface area (Å²) < 4.78 is 17.7. The number of carbonyl (C=O) groups excluding carboxylic acids is 2. The molecule has 124 valence electrons. The minimum atomic E-state index is -0.369. The third-order valence-electron chi connectivity index (χ3n) is 3.81. The van der Waals surface area contributed by atoms with E-state index in [1.807, 2.05) is 0 Å². The lowest BCUT2D eigenvalue weighted by Crippen LogP contribution is -2.26. The van der Waals surface area contributed by atoms with Gasteiger partial charge >= 0.3 is 6.09 Å². The average Bonchev–Trinajstić information content (AvgIpc) is 3.03. The molecule has 24 heavy (non-hydrogen) atoms. The fourth-order valence-corrected chi connectivity index (χ4v) is 2.49. The lowest BCUT2D eigenvalue weighted by Gasteiger charge is -2.13. The monoisotopic (exact) mass is 328 g/mol. The Hall–Kier alpha value is -2.89. The maximum absolute atomic E-state index is 12.8. The van der Waals surface area contributed by atoms with Crippen molar-refractivity contribution in [2.24, 2.45) is 0 Å². The first kappa shape index (κ1) is 16.0. The summed E-state index contributed by atoms with van der Waals surface area (Å²) in [4.78, 5) is 25.1. The van der Waals surface area contributed by atoms with Crippen molar-refractivity contribution in [1.82, 2.24) is 5.32 Å². The predicted molar refractivity (Wildman–Crippen MR) is 87.6 cm³/mol. The lowest BCUT2D eigenvalue weighted by molar-refractivity contribution is 0.0954. The number of hydrogen-bond donors (Lipinski definition) is 1. The molecule has 1 aliphatic heterocycles. The van der Waals surface area contributed by atoms with Gasteiger partial charge in [0.2, 0.25) is 0 Å². The van der Waals surface area contributed by atoms with E-state index in [9.17, 15) is 14.0 Å². The van der Waals surface area contributed by atoms with Crippen LogP contribution in [0, 0.1) is 5.82 Å². The second-order valence-electron chi connectivity index (χ2n) is 5.45. The molecule has 0 unspecified atom stereocenters. The van der Waals surface area contributed by atoms with Crippen LogP contribution in [0.1, 0.15) is 15.9 Å². The topological polar surface area (TPSA) is 58.6 Å². The molecule has 5 nitrogen and oxygen atoms in total. The zero-order valence-corrected chi connectivity index (χ0v) is 13.0. The molecule has 2 aromatic rings. The molecule has 1 N–H and O–H groups in total. The molecule has 1 fully saturated rings. The average molecular weight is 328 g/mol. The Labute approximate surface area is 139 Å². The van der Waals surface area contributed by atoms with E-state index in [1.165, 1.54) is 17.0 Å². The van der Waals surface area contributed by atoms with Crippen LogP contribution in [0.2, 0.25) is 0 Å². The molecule has 1 aliphatic rings. The largest absolute Gasteiger partial charge is 0.447 e. The molecule has 0 radical (unpaired) electrons. The Morgan fingerprint density at radius 1 is 1.12 bits per heavy atom. The third kappa shape index (κ3) is 3.71. The molecule has 0 saturated carbocycles. The Kier molecular flexibility index (Phi) is 4.74. The first-order valence-electron chi connectivity index (χ1n) is 7.70. The van der Waals surface area contributed by atoms with Gasteiger partial charge in [0.1, 0.15) is 12.4 Å². The van der Waals surface area contributed by atoms with E-state index in [0.717, 1.165) is 5.56 Å². The van der Waals surface area contributed by atoms with Crippen LogP contribution >= 0.6 is 0 Å². The molecule has 0 bridgehead atoms. The maximum Gasteiger partial charge on any atom is 0.414 e. The Morgan fingerprint density at radius 3 is 2.46 bits per heavy atom. The van der Waals surface area contributed by atoms with E-state index in [2.05, 4.69) is 5.32 Å². The minimum Gasteiger partial charge on any atom is -0.447 e. The molecule has 0 aliphatic carbocycles. The highest BCUT2D eigenvalue weighted by Crippen LogP contribution is 2.19. The van der Waals surface area contributed by atoms with Crippen LogP contribution in [-0.4, -0.2) is 31.7 Å². The number of ether oxygens (including phenoxy) is 1. The first-order chi connectivity index (χ1) is 11.6. The molecule has 2 amide bonds. The van der Waals surface area contributed by atoms with E-state index in [-0.39, 0.29) is 17.8 Å². The number of cyclic esters (lactones) is 1. The van der Waals surface area contributed by atoms with Gasteiger partial charge in [-0.15, -0.1) is 0 Å². The van der Waals surface area contributed by atoms with Gasteiger partial charge in [-0.25, -0.2) is 9.18 Å². The van der Waals surface area contributed by atoms with E-state index in [4.69, 9.17) is 4.74 Å². The van der Waals surface area contributed by atoms with E-state index >= 15 is 0 Å². The van der Waals surface area contributed by atoms with Gasteiger partial charge in [-0.1, -0.05) is 12.1 Å². The summed E-state index contributed by atoms with van der Waals surface area (Å²) in [5, 5.41) is 2.82. The number of halogens is 1. The minimum absolute atomic E-state index is 0.187. The van der Waals surface area contributed by atoms with Gasteiger partial charge < -0.3 is 10.1 Å². The van der Waals surface area contributed by atoms with Crippen molar-refractivity contribution in [2.45, 2.75) is 6.42 Å². The van der Waals surface area contributed by atoms with Gasteiger partial charge in [0.25, 0.3) is 5.91 Å². The number of nitrogens with zero attached hydrogens (tertiary/aromatic N) is 1. The Bertz CT molecular complexity index is 729. The number of hydrogen-bond acceptors (Lipinski definition) is 3. The number of amides is 2. The molecular formula is C18H17FN2O3. The molecule has 6 heteroatoms. The van der Waals surface area contributed by atoms with Gasteiger partial charge in [0.05, 0.1) is 6.54 Å². The molecule has 1 heterocycles. The second-order valence-corrected chi connectivity index (χ2v) is 5.45. The molecule has 0 aromatic heterocycles. The van der Waals surface area contributed by atoms with Crippen LogP contribution in [0.5, 0.6) is 0 Å². The van der Waals surface area contributed by atoms with Crippen LogP contribution in [-0.2, 0) is 11.2 Å². The number of anilines is 1. The zero-order chi connectivity index (χ0) is 16.9. The van der Waals surface area contributed by atoms with Crippen molar-refractivity contribution >= 4 is 17.7 Å². The van der Waals surface area contributed by atoms with Crippen molar-refractivity contribution in [1.29, 1.82) is 0 Å². The van der Waals surface area contributed by atoms with Crippen molar-refractivity contribution < 1.29 is 18.7 Å². The highest BCUT2D eigenvalue weighted by Gasteiger charge is 2.23. The number of nitrogens with one attached hydrogen (secondary N) is 1. The highest BCUT2D eigenvalue weighted by atomic mass is 19.1. The Balaban J connectivity index is 1.53.